The molecule has 1 nitrogen and oxygen atoms in total. The van der Waals surface area contributed by atoms with Gasteiger partial charge in [0.25, 0.3) is 6.43 Å². The monoisotopic (exact) mass is 196 g/mol. The van der Waals surface area contributed by atoms with Gasteiger partial charge in [-0.2, -0.15) is 0 Å². The highest BCUT2D eigenvalue weighted by molar-refractivity contribution is 7.12. The molecule has 0 aromatic carbocycles. The minimum absolute atomic E-state index is 0.00463. The first-order valence-corrected chi connectivity index (χ1v) is 3.92. The Morgan fingerprint density at radius 1 is 1.64 bits per heavy atom. The van der Waals surface area contributed by atoms with Crippen LogP contribution in [0.4, 0.5) is 8.78 Å². The summed E-state index contributed by atoms with van der Waals surface area (Å²) in [6.07, 6.45) is -2.29. The maximum absolute atomic E-state index is 12.1. The van der Waals surface area contributed by atoms with Gasteiger partial charge in [0.05, 0.1) is 15.5 Å². The van der Waals surface area contributed by atoms with Crippen LogP contribution in [0.15, 0.2) is 5.38 Å². The molecule has 1 rings (SSSR count). The van der Waals surface area contributed by atoms with Crippen molar-refractivity contribution >= 4 is 29.2 Å². The van der Waals surface area contributed by atoms with Crippen molar-refractivity contribution in [3.8, 4) is 0 Å². The highest BCUT2D eigenvalue weighted by Crippen LogP contribution is 2.33. The lowest BCUT2D eigenvalue weighted by atomic mass is 10.3. The summed E-state index contributed by atoms with van der Waals surface area (Å²) in [6.45, 7) is 0. The van der Waals surface area contributed by atoms with E-state index in [1.165, 1.54) is 5.38 Å². The summed E-state index contributed by atoms with van der Waals surface area (Å²) in [6, 6.07) is 0. The molecular weight excluding hydrogens is 194 g/mol. The van der Waals surface area contributed by atoms with Crippen LogP contribution in [-0.2, 0) is 0 Å². The quantitative estimate of drug-likeness (QED) is 0.664. The molecule has 0 N–H and O–H groups in total. The van der Waals surface area contributed by atoms with E-state index in [0.717, 1.165) is 11.3 Å². The van der Waals surface area contributed by atoms with Gasteiger partial charge in [-0.3, -0.25) is 4.79 Å². The molecule has 1 aromatic heterocycles. The summed E-state index contributed by atoms with van der Waals surface area (Å²) < 4.78 is 24.1. The molecule has 0 atom stereocenters. The Morgan fingerprint density at radius 2 is 2.27 bits per heavy atom. The summed E-state index contributed by atoms with van der Waals surface area (Å²) in [4.78, 5) is 10.2. The lowest BCUT2D eigenvalue weighted by Crippen LogP contribution is -1.86. The van der Waals surface area contributed by atoms with E-state index in [-0.39, 0.29) is 15.5 Å². The third-order valence-electron chi connectivity index (χ3n) is 1.14. The van der Waals surface area contributed by atoms with E-state index in [0.29, 0.717) is 6.29 Å². The molecular formula is C6H3ClF2OS. The van der Waals surface area contributed by atoms with Crippen LogP contribution in [0.25, 0.3) is 0 Å². The molecule has 5 heteroatoms. The van der Waals surface area contributed by atoms with Crippen molar-refractivity contribution in [2.24, 2.45) is 0 Å². The first-order chi connectivity index (χ1) is 5.16. The molecule has 0 saturated heterocycles. The second-order valence-corrected chi connectivity index (χ2v) is 3.10. The van der Waals surface area contributed by atoms with Crippen molar-refractivity contribution in [1.29, 1.82) is 0 Å². The Bertz CT molecular complexity index is 272. The van der Waals surface area contributed by atoms with Gasteiger partial charge in [-0.1, -0.05) is 11.6 Å². The largest absolute Gasteiger partial charge is 0.297 e. The predicted molar refractivity (Wildman–Crippen MR) is 39.7 cm³/mol. The van der Waals surface area contributed by atoms with Crippen molar-refractivity contribution in [2.75, 3.05) is 0 Å². The molecule has 0 aliphatic rings. The first kappa shape index (κ1) is 8.62. The number of halogens is 3. The van der Waals surface area contributed by atoms with Crippen LogP contribution in [0.3, 0.4) is 0 Å². The fourth-order valence-electron chi connectivity index (χ4n) is 0.663. The SMILES string of the molecule is O=Cc1scc(Cl)c1C(F)F. The zero-order valence-electron chi connectivity index (χ0n) is 5.18. The molecule has 0 aliphatic heterocycles. The number of alkyl halides is 2. The molecule has 0 aliphatic carbocycles. The summed E-state index contributed by atoms with van der Waals surface area (Å²) in [5.74, 6) is 0. The van der Waals surface area contributed by atoms with Gasteiger partial charge in [-0.15, -0.1) is 11.3 Å². The molecule has 1 heterocycles. The lowest BCUT2D eigenvalue weighted by Gasteiger charge is -1.95. The summed E-state index contributed by atoms with van der Waals surface area (Å²) in [5.41, 5.74) is -0.355. The van der Waals surface area contributed by atoms with Crippen LogP contribution in [0.2, 0.25) is 5.02 Å². The minimum Gasteiger partial charge on any atom is -0.297 e. The Labute approximate surface area is 70.6 Å². The van der Waals surface area contributed by atoms with E-state index < -0.39 is 6.43 Å². The molecule has 11 heavy (non-hydrogen) atoms. The van der Waals surface area contributed by atoms with Gasteiger partial charge in [-0.25, -0.2) is 8.78 Å². The van der Waals surface area contributed by atoms with Crippen LogP contribution in [-0.4, -0.2) is 6.29 Å². The van der Waals surface area contributed by atoms with Gasteiger partial charge in [0, 0.05) is 5.38 Å². The maximum atomic E-state index is 12.1. The normalized spacial score (nSPS) is 10.5. The Morgan fingerprint density at radius 3 is 2.64 bits per heavy atom. The van der Waals surface area contributed by atoms with E-state index in [2.05, 4.69) is 0 Å². The van der Waals surface area contributed by atoms with Gasteiger partial charge >= 0.3 is 0 Å². The molecule has 0 saturated carbocycles. The van der Waals surface area contributed by atoms with Crippen molar-refractivity contribution in [3.05, 3.63) is 20.8 Å². The number of hydrogen-bond acceptors (Lipinski definition) is 2. The Kier molecular flexibility index (Phi) is 2.57. The average Bonchev–Trinajstić information content (AvgIpc) is 2.30. The smallest absolute Gasteiger partial charge is 0.266 e. The number of aldehydes is 1. The summed E-state index contributed by atoms with van der Waals surface area (Å²) in [7, 11) is 0. The number of rotatable bonds is 2. The van der Waals surface area contributed by atoms with E-state index in [1.807, 2.05) is 0 Å². The van der Waals surface area contributed by atoms with Gasteiger partial charge < -0.3 is 0 Å². The highest BCUT2D eigenvalue weighted by atomic mass is 35.5. The standard InChI is InChI=1S/C6H3ClF2OS/c7-3-2-11-4(1-10)5(3)6(8)9/h1-2,6H. The molecule has 60 valence electrons. The fraction of sp³-hybridized carbons (Fsp3) is 0.167. The molecule has 1 aromatic rings. The van der Waals surface area contributed by atoms with Gasteiger partial charge in [-0.05, 0) is 0 Å². The topological polar surface area (TPSA) is 17.1 Å². The molecule has 0 bridgehead atoms. The van der Waals surface area contributed by atoms with Gasteiger partial charge in [0.15, 0.2) is 6.29 Å². The number of carbonyl (C=O) groups is 1. The molecule has 0 unspecified atom stereocenters. The summed E-state index contributed by atoms with van der Waals surface area (Å²) in [5, 5.41) is 1.29. The van der Waals surface area contributed by atoms with Gasteiger partial charge in [0.2, 0.25) is 0 Å². The number of hydrogen-bond donors (Lipinski definition) is 0. The Hall–Kier alpha value is -0.480. The average molecular weight is 197 g/mol. The second-order valence-electron chi connectivity index (χ2n) is 1.78. The molecule has 0 radical (unpaired) electrons. The van der Waals surface area contributed by atoms with E-state index in [1.54, 1.807) is 0 Å². The molecule has 0 fully saturated rings. The molecule has 0 amide bonds. The van der Waals surface area contributed by atoms with Crippen LogP contribution in [0.5, 0.6) is 0 Å². The van der Waals surface area contributed by atoms with Crippen molar-refractivity contribution in [3.63, 3.8) is 0 Å². The van der Waals surface area contributed by atoms with Crippen LogP contribution in [0, 0.1) is 0 Å². The highest BCUT2D eigenvalue weighted by Gasteiger charge is 2.18. The predicted octanol–water partition coefficient (Wildman–Crippen LogP) is 3.15. The number of thiophene rings is 1. The van der Waals surface area contributed by atoms with Gasteiger partial charge in [0.1, 0.15) is 0 Å². The zero-order chi connectivity index (χ0) is 8.43. The van der Waals surface area contributed by atoms with Crippen molar-refractivity contribution in [2.45, 2.75) is 6.43 Å². The third kappa shape index (κ3) is 1.57. The zero-order valence-corrected chi connectivity index (χ0v) is 6.75. The first-order valence-electron chi connectivity index (χ1n) is 2.67. The van der Waals surface area contributed by atoms with Crippen LogP contribution < -0.4 is 0 Å². The molecule has 0 spiro atoms. The second kappa shape index (κ2) is 3.28. The van der Waals surface area contributed by atoms with Crippen LogP contribution >= 0.6 is 22.9 Å². The minimum atomic E-state index is -2.67. The fourth-order valence-corrected chi connectivity index (χ4v) is 1.78. The Balaban J connectivity index is 3.17. The van der Waals surface area contributed by atoms with Crippen molar-refractivity contribution < 1.29 is 13.6 Å². The number of carbonyl (C=O) groups excluding carboxylic acids is 1. The maximum Gasteiger partial charge on any atom is 0.266 e. The lowest BCUT2D eigenvalue weighted by molar-refractivity contribution is 0.111. The summed E-state index contributed by atoms with van der Waals surface area (Å²) >= 11 is 6.31. The third-order valence-corrected chi connectivity index (χ3v) is 2.50. The van der Waals surface area contributed by atoms with E-state index >= 15 is 0 Å². The van der Waals surface area contributed by atoms with E-state index in [4.69, 9.17) is 11.6 Å². The van der Waals surface area contributed by atoms with E-state index in [9.17, 15) is 13.6 Å². The van der Waals surface area contributed by atoms with Crippen molar-refractivity contribution in [1.82, 2.24) is 0 Å². The van der Waals surface area contributed by atoms with Crippen LogP contribution in [0.1, 0.15) is 21.7 Å².